The average Bonchev–Trinajstić information content (AvgIpc) is 2.50. The highest BCUT2D eigenvalue weighted by Gasteiger charge is 2.03. The van der Waals surface area contributed by atoms with Gasteiger partial charge in [-0.15, -0.1) is 0 Å². The number of amides is 2. The van der Waals surface area contributed by atoms with Crippen molar-refractivity contribution < 1.29 is 9.53 Å². The van der Waals surface area contributed by atoms with Crippen molar-refractivity contribution in [3.05, 3.63) is 59.8 Å². The van der Waals surface area contributed by atoms with Crippen molar-refractivity contribution in [2.45, 2.75) is 6.92 Å². The molecule has 0 heterocycles. The summed E-state index contributed by atoms with van der Waals surface area (Å²) in [6.45, 7) is 1.94. The zero-order valence-electron chi connectivity index (χ0n) is 12.6. The van der Waals surface area contributed by atoms with Gasteiger partial charge in [0.15, 0.2) is 0 Å². The molecule has 22 heavy (non-hydrogen) atoms. The number of benzene rings is 2. The second kappa shape index (κ2) is 7.17. The van der Waals surface area contributed by atoms with E-state index >= 15 is 0 Å². The SMILES string of the molecule is COc1ccccc1/C=C/NC(=O)Nc1ccc(C)cc1N. The second-order valence-electron chi connectivity index (χ2n) is 4.76. The molecule has 0 radical (unpaired) electrons. The molecule has 0 aromatic heterocycles. The largest absolute Gasteiger partial charge is 0.496 e. The molecule has 0 saturated heterocycles. The van der Waals surface area contributed by atoms with Crippen LogP contribution < -0.4 is 21.1 Å². The minimum Gasteiger partial charge on any atom is -0.496 e. The van der Waals surface area contributed by atoms with Gasteiger partial charge >= 0.3 is 6.03 Å². The van der Waals surface area contributed by atoms with Crippen LogP contribution in [-0.4, -0.2) is 13.1 Å². The fourth-order valence-corrected chi connectivity index (χ4v) is 1.97. The fourth-order valence-electron chi connectivity index (χ4n) is 1.97. The first-order valence-electron chi connectivity index (χ1n) is 6.83. The van der Waals surface area contributed by atoms with E-state index in [1.165, 1.54) is 0 Å². The lowest BCUT2D eigenvalue weighted by Gasteiger charge is -2.08. The van der Waals surface area contributed by atoms with Gasteiger partial charge in [0.25, 0.3) is 0 Å². The van der Waals surface area contributed by atoms with Crippen LogP contribution in [0.1, 0.15) is 11.1 Å². The van der Waals surface area contributed by atoms with E-state index in [2.05, 4.69) is 10.6 Å². The summed E-state index contributed by atoms with van der Waals surface area (Å²) in [7, 11) is 1.60. The van der Waals surface area contributed by atoms with E-state index in [1.807, 2.05) is 37.3 Å². The molecule has 0 bridgehead atoms. The third kappa shape index (κ3) is 4.02. The first-order chi connectivity index (χ1) is 10.6. The minimum absolute atomic E-state index is 0.360. The summed E-state index contributed by atoms with van der Waals surface area (Å²) in [6, 6.07) is 12.6. The smallest absolute Gasteiger partial charge is 0.323 e. The van der Waals surface area contributed by atoms with E-state index in [-0.39, 0.29) is 6.03 Å². The predicted octanol–water partition coefficient (Wildman–Crippen LogP) is 3.38. The number of rotatable bonds is 4. The van der Waals surface area contributed by atoms with Crippen molar-refractivity contribution in [1.29, 1.82) is 0 Å². The van der Waals surface area contributed by atoms with Gasteiger partial charge in [0, 0.05) is 11.8 Å². The molecular weight excluding hydrogens is 278 g/mol. The van der Waals surface area contributed by atoms with Crippen LogP contribution in [0.2, 0.25) is 0 Å². The van der Waals surface area contributed by atoms with E-state index in [0.29, 0.717) is 11.4 Å². The van der Waals surface area contributed by atoms with Crippen LogP contribution in [0.15, 0.2) is 48.7 Å². The van der Waals surface area contributed by atoms with Crippen molar-refractivity contribution in [2.75, 3.05) is 18.2 Å². The number of hydrogen-bond donors (Lipinski definition) is 3. The topological polar surface area (TPSA) is 76.4 Å². The Bertz CT molecular complexity index is 696. The molecule has 0 spiro atoms. The summed E-state index contributed by atoms with van der Waals surface area (Å²) in [5, 5.41) is 5.33. The third-order valence-electron chi connectivity index (χ3n) is 3.07. The van der Waals surface area contributed by atoms with Crippen molar-refractivity contribution in [3.63, 3.8) is 0 Å². The van der Waals surface area contributed by atoms with Gasteiger partial charge in [0.05, 0.1) is 18.5 Å². The van der Waals surface area contributed by atoms with Crippen LogP contribution in [0, 0.1) is 6.92 Å². The normalized spacial score (nSPS) is 10.5. The maximum atomic E-state index is 11.8. The number of nitrogens with two attached hydrogens (primary N) is 1. The highest BCUT2D eigenvalue weighted by atomic mass is 16.5. The number of aryl methyl sites for hydroxylation is 1. The minimum atomic E-state index is -0.360. The van der Waals surface area contributed by atoms with E-state index in [9.17, 15) is 4.79 Å². The molecule has 2 amide bonds. The summed E-state index contributed by atoms with van der Waals surface area (Å²) in [5.74, 6) is 0.740. The van der Waals surface area contributed by atoms with Crippen LogP contribution >= 0.6 is 0 Å². The molecule has 0 atom stereocenters. The van der Waals surface area contributed by atoms with Crippen molar-refractivity contribution in [3.8, 4) is 5.75 Å². The van der Waals surface area contributed by atoms with Crippen LogP contribution in [0.25, 0.3) is 6.08 Å². The first kappa shape index (κ1) is 15.4. The summed E-state index contributed by atoms with van der Waals surface area (Å²) < 4.78 is 5.23. The van der Waals surface area contributed by atoms with E-state index in [4.69, 9.17) is 10.5 Å². The molecule has 2 rings (SSSR count). The number of anilines is 2. The lowest BCUT2D eigenvalue weighted by atomic mass is 10.2. The molecule has 0 saturated carbocycles. The third-order valence-corrected chi connectivity index (χ3v) is 3.07. The molecule has 2 aromatic rings. The van der Waals surface area contributed by atoms with Gasteiger partial charge in [-0.1, -0.05) is 24.3 Å². The van der Waals surface area contributed by atoms with Gasteiger partial charge in [0.1, 0.15) is 5.75 Å². The van der Waals surface area contributed by atoms with Crippen molar-refractivity contribution >= 4 is 23.5 Å². The Morgan fingerprint density at radius 2 is 2.00 bits per heavy atom. The number of hydrogen-bond acceptors (Lipinski definition) is 3. The molecule has 0 aliphatic heterocycles. The molecular formula is C17H19N3O2. The summed E-state index contributed by atoms with van der Waals surface area (Å²) in [4.78, 5) is 11.8. The molecule has 0 fully saturated rings. The number of carbonyl (C=O) groups is 1. The first-order valence-corrected chi connectivity index (χ1v) is 6.83. The van der Waals surface area contributed by atoms with Gasteiger partial charge in [0.2, 0.25) is 0 Å². The van der Waals surface area contributed by atoms with Gasteiger partial charge in [-0.2, -0.15) is 0 Å². The van der Waals surface area contributed by atoms with E-state index in [1.54, 1.807) is 31.5 Å². The Balaban J connectivity index is 1.96. The Morgan fingerprint density at radius 1 is 1.23 bits per heavy atom. The number of urea groups is 1. The van der Waals surface area contributed by atoms with Gasteiger partial charge < -0.3 is 21.1 Å². The molecule has 4 N–H and O–H groups in total. The lowest BCUT2D eigenvalue weighted by Crippen LogP contribution is -2.24. The second-order valence-corrected chi connectivity index (χ2v) is 4.76. The average molecular weight is 297 g/mol. The molecule has 114 valence electrons. The monoisotopic (exact) mass is 297 g/mol. The van der Waals surface area contributed by atoms with Crippen LogP contribution in [0.5, 0.6) is 5.75 Å². The number of para-hydroxylation sites is 1. The Morgan fingerprint density at radius 3 is 2.73 bits per heavy atom. The van der Waals surface area contributed by atoms with E-state index < -0.39 is 0 Å². The Hall–Kier alpha value is -2.95. The molecule has 0 unspecified atom stereocenters. The maximum Gasteiger partial charge on any atom is 0.323 e. The van der Waals surface area contributed by atoms with Gasteiger partial charge in [-0.05, 0) is 36.8 Å². The maximum absolute atomic E-state index is 11.8. The van der Waals surface area contributed by atoms with Gasteiger partial charge in [-0.3, -0.25) is 0 Å². The number of carbonyl (C=O) groups excluding carboxylic acids is 1. The number of methoxy groups -OCH3 is 1. The Kier molecular flexibility index (Phi) is 5.03. The number of nitrogens with one attached hydrogen (secondary N) is 2. The summed E-state index contributed by atoms with van der Waals surface area (Å²) in [6.07, 6.45) is 3.31. The quantitative estimate of drug-likeness (QED) is 0.757. The van der Waals surface area contributed by atoms with Crippen LogP contribution in [-0.2, 0) is 0 Å². The fraction of sp³-hybridized carbons (Fsp3) is 0.118. The molecule has 0 aliphatic rings. The molecule has 5 nitrogen and oxygen atoms in total. The van der Waals surface area contributed by atoms with E-state index in [0.717, 1.165) is 16.9 Å². The molecule has 0 aliphatic carbocycles. The number of nitrogen functional groups attached to an aromatic ring is 1. The highest BCUT2D eigenvalue weighted by Crippen LogP contribution is 2.19. The number of ether oxygens (including phenoxy) is 1. The lowest BCUT2D eigenvalue weighted by molar-refractivity contribution is 0.255. The molecule has 2 aromatic carbocycles. The van der Waals surface area contributed by atoms with Crippen LogP contribution in [0.3, 0.4) is 0 Å². The van der Waals surface area contributed by atoms with Crippen molar-refractivity contribution in [1.82, 2.24) is 5.32 Å². The highest BCUT2D eigenvalue weighted by molar-refractivity contribution is 5.93. The van der Waals surface area contributed by atoms with Crippen molar-refractivity contribution in [2.24, 2.45) is 0 Å². The zero-order chi connectivity index (χ0) is 15.9. The summed E-state index contributed by atoms with van der Waals surface area (Å²) >= 11 is 0. The molecule has 5 heteroatoms. The predicted molar refractivity (Wildman–Crippen MR) is 89.8 cm³/mol. The Labute approximate surface area is 129 Å². The van der Waals surface area contributed by atoms with Crippen LogP contribution in [0.4, 0.5) is 16.2 Å². The van der Waals surface area contributed by atoms with Gasteiger partial charge in [-0.25, -0.2) is 4.79 Å². The standard InChI is InChI=1S/C17H19N3O2/c1-12-7-8-15(14(18)11-12)20-17(21)19-10-9-13-5-3-4-6-16(13)22-2/h3-11H,18H2,1-2H3,(H2,19,20,21)/b10-9+. The summed E-state index contributed by atoms with van der Waals surface area (Å²) in [5.41, 5.74) is 8.88. The zero-order valence-corrected chi connectivity index (χ0v) is 12.6.